The molecule has 33 heavy (non-hydrogen) atoms. The van der Waals surface area contributed by atoms with Gasteiger partial charge in [0.25, 0.3) is 5.91 Å². The Morgan fingerprint density at radius 3 is 2.21 bits per heavy atom. The van der Waals surface area contributed by atoms with Gasteiger partial charge in [-0.15, -0.1) is 0 Å². The van der Waals surface area contributed by atoms with E-state index >= 15 is 0 Å². The molecule has 0 spiro atoms. The largest absolute Gasteiger partial charge is 0.382 e. The van der Waals surface area contributed by atoms with E-state index in [2.05, 4.69) is 15.7 Å². The lowest BCUT2D eigenvalue weighted by atomic mass is 10.1. The smallest absolute Gasteiger partial charge is 0.255 e. The van der Waals surface area contributed by atoms with Crippen LogP contribution in [0.25, 0.3) is 11.3 Å². The SMILES string of the molecule is NNc1ccc(-c2cccc(C(=O)Nc3ccc(S(=O)(=O)c4ccccc4)cc3)c2)nc1N.[HH].[HH]. The average molecular weight is 464 g/mol. The summed E-state index contributed by atoms with van der Waals surface area (Å²) < 4.78 is 25.4. The van der Waals surface area contributed by atoms with Gasteiger partial charge in [0, 0.05) is 19.7 Å². The number of nitrogens with two attached hydrogens (primary N) is 2. The van der Waals surface area contributed by atoms with Gasteiger partial charge in [-0.3, -0.25) is 10.6 Å². The monoisotopic (exact) mass is 463 g/mol. The average Bonchev–Trinajstić information content (AvgIpc) is 2.85. The van der Waals surface area contributed by atoms with Gasteiger partial charge >= 0.3 is 0 Å². The molecule has 4 aromatic rings. The number of carbonyl (C=O) groups is 1. The maximum atomic E-state index is 12.8. The van der Waals surface area contributed by atoms with Gasteiger partial charge in [0.15, 0.2) is 0 Å². The summed E-state index contributed by atoms with van der Waals surface area (Å²) in [5, 5.41) is 2.78. The van der Waals surface area contributed by atoms with Crippen LogP contribution in [0.15, 0.2) is 101 Å². The summed E-state index contributed by atoms with van der Waals surface area (Å²) in [6.45, 7) is 0. The fourth-order valence-corrected chi connectivity index (χ4v) is 4.52. The number of carbonyl (C=O) groups excluding carboxylic acids is 1. The molecule has 0 bridgehead atoms. The predicted molar refractivity (Wildman–Crippen MR) is 132 cm³/mol. The van der Waals surface area contributed by atoms with Crippen LogP contribution in [0.3, 0.4) is 0 Å². The number of benzene rings is 3. The van der Waals surface area contributed by atoms with E-state index in [1.165, 1.54) is 12.1 Å². The number of hydrogen-bond acceptors (Lipinski definition) is 7. The van der Waals surface area contributed by atoms with Gasteiger partial charge in [-0.25, -0.2) is 13.4 Å². The van der Waals surface area contributed by atoms with Crippen molar-refractivity contribution in [2.75, 3.05) is 16.5 Å². The predicted octanol–water partition coefficient (Wildman–Crippen LogP) is 4.19. The standard InChI is InChI=1S/C24H21N5O3S.2H2/c25-23-22(29-26)14-13-21(28-23)16-5-4-6-17(15-16)24(30)27-18-9-11-20(12-10-18)33(31,32)19-7-2-1-3-8-19;;/h1-15,29H,26H2,(H2,25,28)(H,27,30);2*1H. The Balaban J connectivity index is 0.00000216. The van der Waals surface area contributed by atoms with Crippen molar-refractivity contribution in [2.24, 2.45) is 5.84 Å². The Hall–Kier alpha value is -4.21. The van der Waals surface area contributed by atoms with E-state index in [9.17, 15) is 13.2 Å². The lowest BCUT2D eigenvalue weighted by Gasteiger charge is -2.10. The third-order valence-electron chi connectivity index (χ3n) is 4.98. The first-order valence-corrected chi connectivity index (χ1v) is 11.4. The molecule has 0 aliphatic rings. The molecule has 0 aliphatic heterocycles. The molecule has 3 aromatic carbocycles. The van der Waals surface area contributed by atoms with Crippen molar-refractivity contribution in [1.29, 1.82) is 0 Å². The molecule has 0 unspecified atom stereocenters. The van der Waals surface area contributed by atoms with Gasteiger partial charge in [-0.1, -0.05) is 30.3 Å². The van der Waals surface area contributed by atoms with E-state index in [-0.39, 0.29) is 24.4 Å². The Labute approximate surface area is 194 Å². The molecule has 0 radical (unpaired) electrons. The van der Waals surface area contributed by atoms with Crippen LogP contribution in [0.2, 0.25) is 0 Å². The minimum atomic E-state index is -3.62. The number of aromatic nitrogens is 1. The van der Waals surface area contributed by atoms with E-state index < -0.39 is 9.84 Å². The highest BCUT2D eigenvalue weighted by molar-refractivity contribution is 7.91. The third kappa shape index (κ3) is 4.69. The van der Waals surface area contributed by atoms with E-state index in [4.69, 9.17) is 11.6 Å². The summed E-state index contributed by atoms with van der Waals surface area (Å²) >= 11 is 0. The fourth-order valence-electron chi connectivity index (χ4n) is 3.23. The molecular formula is C24H25N5O3S. The highest BCUT2D eigenvalue weighted by Crippen LogP contribution is 2.25. The van der Waals surface area contributed by atoms with Gasteiger partial charge in [0.05, 0.1) is 21.2 Å². The van der Waals surface area contributed by atoms with Crippen LogP contribution in [0.5, 0.6) is 0 Å². The van der Waals surface area contributed by atoms with Crippen molar-refractivity contribution >= 4 is 32.9 Å². The second-order valence-electron chi connectivity index (χ2n) is 7.15. The third-order valence-corrected chi connectivity index (χ3v) is 6.76. The topological polar surface area (TPSA) is 140 Å². The molecule has 8 nitrogen and oxygen atoms in total. The maximum absolute atomic E-state index is 12.8. The van der Waals surface area contributed by atoms with Crippen molar-refractivity contribution in [3.8, 4) is 11.3 Å². The van der Waals surface area contributed by atoms with E-state index in [0.29, 0.717) is 28.2 Å². The summed E-state index contributed by atoms with van der Waals surface area (Å²) in [7, 11) is -3.62. The minimum Gasteiger partial charge on any atom is -0.382 e. The van der Waals surface area contributed by atoms with Crippen molar-refractivity contribution < 1.29 is 16.1 Å². The Kier molecular flexibility index (Phi) is 6.07. The summed E-state index contributed by atoms with van der Waals surface area (Å²) in [4.78, 5) is 17.4. The van der Waals surface area contributed by atoms with Gasteiger partial charge in [-0.2, -0.15) is 0 Å². The van der Waals surface area contributed by atoms with E-state index in [1.807, 2.05) is 6.07 Å². The van der Waals surface area contributed by atoms with Crippen LogP contribution in [-0.4, -0.2) is 19.3 Å². The number of hydrazine groups is 1. The molecule has 6 N–H and O–H groups in total. The number of hydrogen-bond donors (Lipinski definition) is 4. The molecular weight excluding hydrogens is 438 g/mol. The number of nitrogens with zero attached hydrogens (tertiary/aromatic N) is 1. The summed E-state index contributed by atoms with van der Waals surface area (Å²) in [5.74, 6) is 5.28. The Morgan fingerprint density at radius 1 is 0.848 bits per heavy atom. The fraction of sp³-hybridized carbons (Fsp3) is 0. The lowest BCUT2D eigenvalue weighted by Crippen LogP contribution is -2.12. The molecule has 170 valence electrons. The summed E-state index contributed by atoms with van der Waals surface area (Å²) in [6.07, 6.45) is 0. The van der Waals surface area contributed by atoms with Crippen LogP contribution in [0.4, 0.5) is 17.2 Å². The van der Waals surface area contributed by atoms with Crippen molar-refractivity contribution in [1.82, 2.24) is 4.98 Å². The quantitative estimate of drug-likeness (QED) is 0.248. The van der Waals surface area contributed by atoms with E-state index in [0.717, 1.165) is 0 Å². The maximum Gasteiger partial charge on any atom is 0.255 e. The van der Waals surface area contributed by atoms with Crippen LogP contribution >= 0.6 is 0 Å². The molecule has 9 heteroatoms. The molecule has 1 aromatic heterocycles. The number of nitrogen functional groups attached to an aromatic ring is 2. The molecule has 0 aliphatic carbocycles. The zero-order valence-electron chi connectivity index (χ0n) is 17.4. The first kappa shape index (κ1) is 22.0. The number of rotatable bonds is 6. The molecule has 0 saturated carbocycles. The number of pyridine rings is 1. The van der Waals surface area contributed by atoms with Crippen LogP contribution in [-0.2, 0) is 9.84 Å². The van der Waals surface area contributed by atoms with Crippen molar-refractivity contribution in [3.05, 3.63) is 96.6 Å². The Bertz CT molecular complexity index is 1420. The first-order chi connectivity index (χ1) is 15.9. The second kappa shape index (κ2) is 9.11. The van der Waals surface area contributed by atoms with Gasteiger partial charge in [0.2, 0.25) is 9.84 Å². The molecule has 0 atom stereocenters. The van der Waals surface area contributed by atoms with Gasteiger partial charge < -0.3 is 16.5 Å². The normalized spacial score (nSPS) is 11.1. The van der Waals surface area contributed by atoms with Gasteiger partial charge in [-0.05, 0) is 60.7 Å². The lowest BCUT2D eigenvalue weighted by molar-refractivity contribution is 0.102. The molecule has 0 saturated heterocycles. The molecule has 0 fully saturated rings. The van der Waals surface area contributed by atoms with Crippen LogP contribution in [0.1, 0.15) is 13.2 Å². The van der Waals surface area contributed by atoms with Crippen LogP contribution < -0.4 is 22.3 Å². The highest BCUT2D eigenvalue weighted by atomic mass is 32.2. The summed E-state index contributed by atoms with van der Waals surface area (Å²) in [6, 6.07) is 24.6. The molecule has 1 amide bonds. The number of anilines is 3. The number of amides is 1. The zero-order valence-corrected chi connectivity index (χ0v) is 18.2. The molecule has 4 rings (SSSR count). The highest BCUT2D eigenvalue weighted by Gasteiger charge is 2.17. The molecule has 1 heterocycles. The Morgan fingerprint density at radius 2 is 1.55 bits per heavy atom. The zero-order chi connectivity index (χ0) is 23.4. The summed E-state index contributed by atoms with van der Waals surface area (Å²) in [5.41, 5.74) is 11.0. The number of nitrogens with one attached hydrogen (secondary N) is 2. The van der Waals surface area contributed by atoms with Crippen molar-refractivity contribution in [3.63, 3.8) is 0 Å². The first-order valence-electron chi connectivity index (χ1n) is 9.93. The van der Waals surface area contributed by atoms with E-state index in [1.54, 1.807) is 72.8 Å². The number of sulfone groups is 1. The second-order valence-corrected chi connectivity index (χ2v) is 9.10. The van der Waals surface area contributed by atoms with Gasteiger partial charge in [0.1, 0.15) is 5.82 Å². The van der Waals surface area contributed by atoms with Crippen LogP contribution in [0, 0.1) is 0 Å². The minimum absolute atomic E-state index is 0. The van der Waals surface area contributed by atoms with Crippen molar-refractivity contribution in [2.45, 2.75) is 9.79 Å².